The summed E-state index contributed by atoms with van der Waals surface area (Å²) in [5, 5.41) is 2.64. The molecular weight excluding hydrogens is 418 g/mol. The van der Waals surface area contributed by atoms with Gasteiger partial charge in [0.05, 0.1) is 19.6 Å². The minimum atomic E-state index is -2.64. The lowest BCUT2D eigenvalue weighted by Gasteiger charge is -2.56. The molecule has 8 nitrogen and oxygen atoms in total. The van der Waals surface area contributed by atoms with Gasteiger partial charge in [-0.3, -0.25) is 9.69 Å². The third-order valence-electron chi connectivity index (χ3n) is 7.32. The summed E-state index contributed by atoms with van der Waals surface area (Å²) in [6.45, 7) is -0.234. The summed E-state index contributed by atoms with van der Waals surface area (Å²) in [4.78, 5) is 28.2. The Morgan fingerprint density at radius 3 is 2.16 bits per heavy atom. The number of nitrogens with one attached hydrogen (secondary N) is 1. The fraction of sp³-hybridized carbons (Fsp3) is 0.636. The Kier molecular flexibility index (Phi) is 6.31. The SMILES string of the molecule is CNC(=O)N(C(=O)C(CN=S(=O)=O)c1ccc(OC)cc1)C1C2CC3CC(C2)CC1C3. The van der Waals surface area contributed by atoms with E-state index < -0.39 is 28.4 Å². The van der Waals surface area contributed by atoms with E-state index in [1.165, 1.54) is 18.4 Å². The predicted octanol–water partition coefficient (Wildman–Crippen LogP) is 2.83. The predicted molar refractivity (Wildman–Crippen MR) is 114 cm³/mol. The molecule has 0 aromatic heterocycles. The molecule has 1 aromatic rings. The van der Waals surface area contributed by atoms with Gasteiger partial charge in [-0.15, -0.1) is 0 Å². The molecule has 1 N–H and O–H groups in total. The number of rotatable bonds is 6. The van der Waals surface area contributed by atoms with Crippen LogP contribution >= 0.6 is 0 Å². The van der Waals surface area contributed by atoms with E-state index in [0.717, 1.165) is 25.7 Å². The summed E-state index contributed by atoms with van der Waals surface area (Å²) in [6.07, 6.45) is 5.50. The zero-order valence-electron chi connectivity index (χ0n) is 17.9. The highest BCUT2D eigenvalue weighted by molar-refractivity contribution is 7.61. The molecule has 0 radical (unpaired) electrons. The van der Waals surface area contributed by atoms with Crippen LogP contribution in [0.3, 0.4) is 0 Å². The van der Waals surface area contributed by atoms with Gasteiger partial charge in [-0.25, -0.2) is 4.79 Å². The van der Waals surface area contributed by atoms with Crippen LogP contribution in [0.25, 0.3) is 0 Å². The summed E-state index contributed by atoms with van der Waals surface area (Å²) in [5.41, 5.74) is 0.609. The summed E-state index contributed by atoms with van der Waals surface area (Å²) >= 11 is 0. The Hall–Kier alpha value is -2.42. The van der Waals surface area contributed by atoms with Gasteiger partial charge in [0, 0.05) is 13.1 Å². The number of imide groups is 1. The van der Waals surface area contributed by atoms with Gasteiger partial charge >= 0.3 is 16.5 Å². The molecule has 0 saturated heterocycles. The van der Waals surface area contributed by atoms with Crippen molar-refractivity contribution in [3.05, 3.63) is 29.8 Å². The van der Waals surface area contributed by atoms with Crippen molar-refractivity contribution >= 4 is 22.4 Å². The molecule has 4 saturated carbocycles. The van der Waals surface area contributed by atoms with Crippen molar-refractivity contribution < 1.29 is 22.7 Å². The lowest BCUT2D eigenvalue weighted by Crippen LogP contribution is -2.61. The van der Waals surface area contributed by atoms with E-state index in [0.29, 0.717) is 35.0 Å². The Labute approximate surface area is 184 Å². The molecule has 5 rings (SSSR count). The van der Waals surface area contributed by atoms with Gasteiger partial charge in [0.2, 0.25) is 5.91 Å². The summed E-state index contributed by atoms with van der Waals surface area (Å²) < 4.78 is 31.0. The topological polar surface area (TPSA) is 105 Å². The fourth-order valence-electron chi connectivity index (χ4n) is 6.29. The monoisotopic (exact) mass is 447 g/mol. The van der Waals surface area contributed by atoms with Gasteiger partial charge in [-0.2, -0.15) is 12.8 Å². The average molecular weight is 448 g/mol. The maximum atomic E-state index is 13.8. The zero-order chi connectivity index (χ0) is 22.1. The van der Waals surface area contributed by atoms with Crippen LogP contribution in [-0.4, -0.2) is 52.0 Å². The minimum Gasteiger partial charge on any atom is -0.497 e. The molecule has 31 heavy (non-hydrogen) atoms. The molecule has 4 fully saturated rings. The third-order valence-corrected chi connectivity index (χ3v) is 7.68. The molecule has 1 atom stereocenters. The largest absolute Gasteiger partial charge is 0.497 e. The first kappa shape index (κ1) is 21.8. The smallest absolute Gasteiger partial charge is 0.324 e. The molecule has 4 bridgehead atoms. The second-order valence-electron chi connectivity index (χ2n) is 9.04. The number of hydrogen-bond acceptors (Lipinski definition) is 6. The first-order valence-electron chi connectivity index (χ1n) is 10.9. The number of carbonyl (C=O) groups excluding carboxylic acids is 2. The highest BCUT2D eigenvalue weighted by Crippen LogP contribution is 2.55. The van der Waals surface area contributed by atoms with Crippen LogP contribution in [0.1, 0.15) is 43.6 Å². The molecule has 0 spiro atoms. The van der Waals surface area contributed by atoms with E-state index in [1.54, 1.807) is 31.4 Å². The number of nitrogens with zero attached hydrogens (tertiary/aromatic N) is 2. The summed E-state index contributed by atoms with van der Waals surface area (Å²) in [6, 6.07) is 6.32. The number of carbonyl (C=O) groups is 2. The quantitative estimate of drug-likeness (QED) is 0.722. The lowest BCUT2D eigenvalue weighted by molar-refractivity contribution is -0.139. The molecule has 0 aliphatic heterocycles. The van der Waals surface area contributed by atoms with E-state index in [2.05, 4.69) is 9.68 Å². The Balaban J connectivity index is 1.68. The molecule has 4 aliphatic rings. The number of ether oxygens (including phenoxy) is 1. The van der Waals surface area contributed by atoms with Crippen molar-refractivity contribution in [2.45, 2.75) is 44.1 Å². The van der Waals surface area contributed by atoms with Crippen LogP contribution in [0.5, 0.6) is 5.75 Å². The van der Waals surface area contributed by atoms with Gasteiger partial charge in [0.25, 0.3) is 0 Å². The second-order valence-corrected chi connectivity index (χ2v) is 9.73. The first-order chi connectivity index (χ1) is 14.9. The van der Waals surface area contributed by atoms with Gasteiger partial charge in [0.1, 0.15) is 5.75 Å². The van der Waals surface area contributed by atoms with E-state index in [-0.39, 0.29) is 12.6 Å². The average Bonchev–Trinajstić information content (AvgIpc) is 2.75. The van der Waals surface area contributed by atoms with Gasteiger partial charge < -0.3 is 10.1 Å². The van der Waals surface area contributed by atoms with Crippen molar-refractivity contribution in [1.82, 2.24) is 10.2 Å². The standard InChI is InChI=1S/C22H29N3O5S/c1-23-22(27)25(20-16-8-13-7-14(10-16)11-17(20)9-13)21(26)19(12-24-31(28)29)15-3-5-18(30-2)6-4-15/h3-6,13-14,16-17,19-20H,7-12H2,1-2H3,(H,23,27). The molecule has 3 amide bonds. The first-order valence-corrected chi connectivity index (χ1v) is 11.9. The van der Waals surface area contributed by atoms with Crippen molar-refractivity contribution in [2.75, 3.05) is 20.7 Å². The molecule has 1 unspecified atom stereocenters. The van der Waals surface area contributed by atoms with Crippen LogP contribution in [0.15, 0.2) is 28.6 Å². The van der Waals surface area contributed by atoms with Crippen LogP contribution in [-0.2, 0) is 15.3 Å². The zero-order valence-corrected chi connectivity index (χ0v) is 18.7. The second kappa shape index (κ2) is 8.98. The number of methoxy groups -OCH3 is 1. The Bertz CT molecular complexity index is 939. The van der Waals surface area contributed by atoms with Crippen LogP contribution in [0.4, 0.5) is 4.79 Å². The van der Waals surface area contributed by atoms with Crippen molar-refractivity contribution in [1.29, 1.82) is 0 Å². The number of urea groups is 1. The van der Waals surface area contributed by atoms with E-state index in [9.17, 15) is 18.0 Å². The molecule has 1 aromatic carbocycles. The lowest BCUT2D eigenvalue weighted by atomic mass is 9.54. The molecule has 4 aliphatic carbocycles. The van der Waals surface area contributed by atoms with Crippen LogP contribution < -0.4 is 10.1 Å². The molecule has 9 heteroatoms. The van der Waals surface area contributed by atoms with E-state index in [4.69, 9.17) is 4.74 Å². The Morgan fingerprint density at radius 1 is 1.10 bits per heavy atom. The number of benzene rings is 1. The fourth-order valence-corrected chi connectivity index (χ4v) is 6.56. The van der Waals surface area contributed by atoms with Crippen molar-refractivity contribution in [3.8, 4) is 5.75 Å². The number of amides is 3. The molecule has 0 heterocycles. The number of hydrogen-bond donors (Lipinski definition) is 1. The van der Waals surface area contributed by atoms with Crippen molar-refractivity contribution in [3.63, 3.8) is 0 Å². The third kappa shape index (κ3) is 4.33. The highest BCUT2D eigenvalue weighted by atomic mass is 32.2. The van der Waals surface area contributed by atoms with Gasteiger partial charge in [-0.1, -0.05) is 12.1 Å². The Morgan fingerprint density at radius 2 is 1.68 bits per heavy atom. The minimum absolute atomic E-state index is 0.140. The normalized spacial score (nSPS) is 29.2. The van der Waals surface area contributed by atoms with Gasteiger partial charge in [0.15, 0.2) is 0 Å². The van der Waals surface area contributed by atoms with Crippen LogP contribution in [0.2, 0.25) is 0 Å². The molecule has 168 valence electrons. The van der Waals surface area contributed by atoms with Gasteiger partial charge in [-0.05, 0) is 73.5 Å². The summed E-state index contributed by atoms with van der Waals surface area (Å²) in [7, 11) is 0.438. The maximum absolute atomic E-state index is 13.8. The van der Waals surface area contributed by atoms with E-state index in [1.807, 2.05) is 0 Å². The maximum Gasteiger partial charge on any atom is 0.324 e. The highest BCUT2D eigenvalue weighted by Gasteiger charge is 2.53. The molecular formula is C22H29N3O5S. The van der Waals surface area contributed by atoms with E-state index >= 15 is 0 Å². The van der Waals surface area contributed by atoms with Crippen molar-refractivity contribution in [2.24, 2.45) is 28.0 Å². The van der Waals surface area contributed by atoms with Crippen LogP contribution in [0, 0.1) is 23.7 Å². The summed E-state index contributed by atoms with van der Waals surface area (Å²) in [5.74, 6) is 1.42.